The molecule has 156 valence electrons. The minimum absolute atomic E-state index is 0.0398. The lowest BCUT2D eigenvalue weighted by molar-refractivity contribution is -0.138. The Kier molecular flexibility index (Phi) is 4.22. The number of pyridine rings is 1. The Labute approximate surface area is 174 Å². The molecule has 1 unspecified atom stereocenters. The van der Waals surface area contributed by atoms with Gasteiger partial charge in [0.15, 0.2) is 0 Å². The van der Waals surface area contributed by atoms with Crippen molar-refractivity contribution in [1.82, 2.24) is 24.5 Å². The topological polar surface area (TPSA) is 81.5 Å². The molecule has 0 radical (unpaired) electrons. The second kappa shape index (κ2) is 6.84. The van der Waals surface area contributed by atoms with Crippen molar-refractivity contribution < 1.29 is 17.9 Å². The van der Waals surface area contributed by atoms with Crippen LogP contribution in [-0.4, -0.2) is 24.5 Å². The molecular weight excluding hydrogens is 409 g/mol. The van der Waals surface area contributed by atoms with Crippen LogP contribution in [0.15, 0.2) is 43.0 Å². The minimum atomic E-state index is -4.62. The van der Waals surface area contributed by atoms with Crippen LogP contribution in [0, 0.1) is 11.3 Å². The summed E-state index contributed by atoms with van der Waals surface area (Å²) in [6.45, 7) is 0. The molecule has 4 aromatic rings. The Bertz CT molecular complexity index is 1350. The van der Waals surface area contributed by atoms with E-state index in [4.69, 9.17) is 10.00 Å². The molecular formula is C21H15F3N6O. The van der Waals surface area contributed by atoms with Gasteiger partial charge in [0.1, 0.15) is 23.6 Å². The highest BCUT2D eigenvalue weighted by Gasteiger charge is 2.41. The van der Waals surface area contributed by atoms with E-state index in [1.165, 1.54) is 0 Å². The number of hydrogen-bond acceptors (Lipinski definition) is 5. The molecule has 1 atom stereocenters. The van der Waals surface area contributed by atoms with Crippen molar-refractivity contribution in [3.63, 3.8) is 0 Å². The van der Waals surface area contributed by atoms with Crippen molar-refractivity contribution in [1.29, 1.82) is 5.26 Å². The number of nitriles is 1. The van der Waals surface area contributed by atoms with Crippen molar-refractivity contribution in [3.8, 4) is 17.5 Å². The predicted octanol–water partition coefficient (Wildman–Crippen LogP) is 4.11. The smallest absolute Gasteiger partial charge is 0.418 e. The van der Waals surface area contributed by atoms with Gasteiger partial charge in [-0.15, -0.1) is 0 Å². The van der Waals surface area contributed by atoms with Crippen molar-refractivity contribution in [2.75, 3.05) is 0 Å². The molecule has 0 saturated heterocycles. The third kappa shape index (κ3) is 3.18. The highest BCUT2D eigenvalue weighted by atomic mass is 19.4. The maximum absolute atomic E-state index is 13.6. The summed E-state index contributed by atoms with van der Waals surface area (Å²) in [7, 11) is 1.81. The summed E-state index contributed by atoms with van der Waals surface area (Å²) in [4.78, 5) is 4.13. The maximum Gasteiger partial charge on any atom is 0.418 e. The fourth-order valence-electron chi connectivity index (χ4n) is 3.99. The monoisotopic (exact) mass is 424 g/mol. The lowest BCUT2D eigenvalue weighted by atomic mass is 10.0. The SMILES string of the molecule is Cn1cc(-n2ncc3ccc(OC4CCc5c4ncc(C#N)c5C(F)(F)F)cc32)cn1. The fraction of sp³-hybridized carbons (Fsp3) is 0.238. The van der Waals surface area contributed by atoms with Gasteiger partial charge in [0.05, 0.1) is 40.9 Å². The molecule has 10 heteroatoms. The largest absolute Gasteiger partial charge is 0.484 e. The van der Waals surface area contributed by atoms with Crippen LogP contribution < -0.4 is 4.74 Å². The first-order valence-electron chi connectivity index (χ1n) is 9.47. The Hall–Kier alpha value is -3.87. The van der Waals surface area contributed by atoms with Crippen molar-refractivity contribution in [2.24, 2.45) is 7.05 Å². The molecule has 31 heavy (non-hydrogen) atoms. The van der Waals surface area contributed by atoms with Gasteiger partial charge in [-0.2, -0.15) is 28.6 Å². The predicted molar refractivity (Wildman–Crippen MR) is 103 cm³/mol. The van der Waals surface area contributed by atoms with Crippen molar-refractivity contribution in [2.45, 2.75) is 25.1 Å². The lowest BCUT2D eigenvalue weighted by Crippen LogP contribution is -2.14. The van der Waals surface area contributed by atoms with E-state index in [1.54, 1.807) is 47.0 Å². The summed E-state index contributed by atoms with van der Waals surface area (Å²) >= 11 is 0. The van der Waals surface area contributed by atoms with Gasteiger partial charge < -0.3 is 4.74 Å². The Morgan fingerprint density at radius 1 is 1.19 bits per heavy atom. The first-order valence-corrected chi connectivity index (χ1v) is 9.47. The van der Waals surface area contributed by atoms with Gasteiger partial charge in [0.2, 0.25) is 0 Å². The van der Waals surface area contributed by atoms with Crippen LogP contribution in [0.25, 0.3) is 16.6 Å². The minimum Gasteiger partial charge on any atom is -0.484 e. The van der Waals surface area contributed by atoms with Gasteiger partial charge in [0, 0.05) is 24.7 Å². The quantitative estimate of drug-likeness (QED) is 0.494. The normalized spacial score (nSPS) is 15.8. The lowest BCUT2D eigenvalue weighted by Gasteiger charge is -2.16. The number of ether oxygens (including phenoxy) is 1. The molecule has 0 aliphatic heterocycles. The number of aryl methyl sites for hydroxylation is 1. The van der Waals surface area contributed by atoms with Gasteiger partial charge in [-0.3, -0.25) is 9.67 Å². The van der Waals surface area contributed by atoms with E-state index >= 15 is 0 Å². The van der Waals surface area contributed by atoms with Crippen LogP contribution in [0.4, 0.5) is 13.2 Å². The highest BCUT2D eigenvalue weighted by Crippen LogP contribution is 2.42. The van der Waals surface area contributed by atoms with Crippen LogP contribution in [0.5, 0.6) is 5.75 Å². The molecule has 0 amide bonds. The zero-order valence-electron chi connectivity index (χ0n) is 16.3. The molecule has 5 rings (SSSR count). The summed E-state index contributed by atoms with van der Waals surface area (Å²) in [5, 5.41) is 18.5. The van der Waals surface area contributed by atoms with Crippen LogP contribution in [0.1, 0.15) is 34.9 Å². The van der Waals surface area contributed by atoms with E-state index in [9.17, 15) is 13.2 Å². The van der Waals surface area contributed by atoms with Crippen LogP contribution in [0.2, 0.25) is 0 Å². The van der Waals surface area contributed by atoms with Crippen LogP contribution in [-0.2, 0) is 19.6 Å². The molecule has 0 fully saturated rings. The first-order chi connectivity index (χ1) is 14.8. The van der Waals surface area contributed by atoms with Crippen LogP contribution >= 0.6 is 0 Å². The molecule has 1 aromatic carbocycles. The average molecular weight is 424 g/mol. The van der Waals surface area contributed by atoms with Gasteiger partial charge in [-0.05, 0) is 30.5 Å². The average Bonchev–Trinajstić information content (AvgIpc) is 3.44. The summed E-state index contributed by atoms with van der Waals surface area (Å²) in [5.41, 5.74) is 0.462. The van der Waals surface area contributed by atoms with Gasteiger partial charge in [-0.1, -0.05) is 0 Å². The van der Waals surface area contributed by atoms with E-state index in [0.29, 0.717) is 12.2 Å². The second-order valence-corrected chi connectivity index (χ2v) is 7.31. The van der Waals surface area contributed by atoms with E-state index in [1.807, 2.05) is 12.3 Å². The number of aromatic nitrogens is 5. The highest BCUT2D eigenvalue weighted by molar-refractivity contribution is 5.81. The number of alkyl halides is 3. The molecule has 3 heterocycles. The Morgan fingerprint density at radius 2 is 2.03 bits per heavy atom. The number of hydrogen-bond donors (Lipinski definition) is 0. The summed E-state index contributed by atoms with van der Waals surface area (Å²) < 4.78 is 50.1. The van der Waals surface area contributed by atoms with E-state index in [0.717, 1.165) is 22.8 Å². The third-order valence-electron chi connectivity index (χ3n) is 5.34. The number of rotatable bonds is 3. The van der Waals surface area contributed by atoms with Gasteiger partial charge in [-0.25, -0.2) is 4.68 Å². The zero-order valence-corrected chi connectivity index (χ0v) is 16.3. The molecule has 1 aliphatic carbocycles. The molecule has 1 aliphatic rings. The number of fused-ring (bicyclic) bond motifs is 2. The number of benzene rings is 1. The summed E-state index contributed by atoms with van der Waals surface area (Å²) in [6.07, 6.45) is 1.44. The van der Waals surface area contributed by atoms with E-state index in [2.05, 4.69) is 15.2 Å². The molecule has 3 aromatic heterocycles. The molecule has 0 bridgehead atoms. The molecule has 0 spiro atoms. The number of nitrogens with zero attached hydrogens (tertiary/aromatic N) is 6. The van der Waals surface area contributed by atoms with Gasteiger partial charge in [0.25, 0.3) is 0 Å². The maximum atomic E-state index is 13.6. The Morgan fingerprint density at radius 3 is 2.74 bits per heavy atom. The van der Waals surface area contributed by atoms with Crippen LogP contribution in [0.3, 0.4) is 0 Å². The fourth-order valence-corrected chi connectivity index (χ4v) is 3.99. The standard InChI is InChI=1S/C21H15F3N6O/c1-29-11-14(10-27-29)30-17-6-15(3-2-12(17)9-28-30)31-18-5-4-16-19(21(22,23)24)13(7-25)8-26-20(16)18/h2-3,6,8-11,18H,4-5H2,1H3. The molecule has 7 nitrogen and oxygen atoms in total. The molecule has 0 N–H and O–H groups in total. The summed E-state index contributed by atoms with van der Waals surface area (Å²) in [6, 6.07) is 6.99. The van der Waals surface area contributed by atoms with E-state index < -0.39 is 23.4 Å². The van der Waals surface area contributed by atoms with E-state index in [-0.39, 0.29) is 17.7 Å². The Balaban J connectivity index is 1.51. The third-order valence-corrected chi connectivity index (χ3v) is 5.34. The molecule has 0 saturated carbocycles. The van der Waals surface area contributed by atoms with Crippen molar-refractivity contribution >= 4 is 10.9 Å². The van der Waals surface area contributed by atoms with Gasteiger partial charge >= 0.3 is 6.18 Å². The zero-order chi connectivity index (χ0) is 21.8. The second-order valence-electron chi connectivity index (χ2n) is 7.31. The first kappa shape index (κ1) is 19.1. The van der Waals surface area contributed by atoms with Crippen molar-refractivity contribution in [3.05, 3.63) is 65.4 Å². The summed E-state index contributed by atoms with van der Waals surface area (Å²) in [5.74, 6) is 0.496. The number of halogens is 3.